The quantitative estimate of drug-likeness (QED) is 0.381. The average molecular weight is 361 g/mol. The number of aliphatic imine (C=N–C) groups is 1. The van der Waals surface area contributed by atoms with Crippen molar-refractivity contribution in [3.8, 4) is 5.75 Å². The molecule has 2 N–H and O–H groups in total. The van der Waals surface area contributed by atoms with Crippen LogP contribution in [-0.2, 0) is 11.3 Å². The molecule has 1 rings (SSSR count). The molecule has 1 aromatic rings. The summed E-state index contributed by atoms with van der Waals surface area (Å²) in [6.07, 6.45) is -2.87. The van der Waals surface area contributed by atoms with Crippen molar-refractivity contribution in [1.82, 2.24) is 10.6 Å². The van der Waals surface area contributed by atoms with Crippen LogP contribution in [0.3, 0.4) is 0 Å². The van der Waals surface area contributed by atoms with Gasteiger partial charge in [-0.1, -0.05) is 18.2 Å². The second-order valence-corrected chi connectivity index (χ2v) is 5.18. The highest BCUT2D eigenvalue weighted by Gasteiger charge is 2.31. The van der Waals surface area contributed by atoms with Gasteiger partial charge in [0.15, 0.2) is 5.96 Å². The van der Waals surface area contributed by atoms with Gasteiger partial charge in [-0.15, -0.1) is 13.2 Å². The molecule has 25 heavy (non-hydrogen) atoms. The molecule has 0 bridgehead atoms. The van der Waals surface area contributed by atoms with Crippen molar-refractivity contribution in [2.75, 3.05) is 26.3 Å². The lowest BCUT2D eigenvalue weighted by Crippen LogP contribution is -2.37. The second-order valence-electron chi connectivity index (χ2n) is 5.18. The van der Waals surface area contributed by atoms with Crippen molar-refractivity contribution < 1.29 is 22.6 Å². The monoisotopic (exact) mass is 361 g/mol. The number of nitrogens with zero attached hydrogens (tertiary/aromatic N) is 1. The smallest absolute Gasteiger partial charge is 0.405 e. The average Bonchev–Trinajstić information content (AvgIpc) is 2.55. The molecule has 0 atom stereocenters. The van der Waals surface area contributed by atoms with Crippen molar-refractivity contribution in [3.63, 3.8) is 0 Å². The van der Waals surface area contributed by atoms with Gasteiger partial charge in [-0.05, 0) is 32.8 Å². The van der Waals surface area contributed by atoms with E-state index in [1.807, 2.05) is 13.8 Å². The minimum absolute atomic E-state index is 0.0839. The fourth-order valence-corrected chi connectivity index (χ4v) is 2.04. The van der Waals surface area contributed by atoms with Gasteiger partial charge in [0.1, 0.15) is 5.75 Å². The summed E-state index contributed by atoms with van der Waals surface area (Å²) in [6.45, 7) is 6.75. The summed E-state index contributed by atoms with van der Waals surface area (Å²) in [5.74, 6) is 0.326. The highest BCUT2D eigenvalue weighted by Crippen LogP contribution is 2.26. The number of alkyl halides is 3. The third-order valence-corrected chi connectivity index (χ3v) is 3.16. The van der Waals surface area contributed by atoms with Gasteiger partial charge in [0.2, 0.25) is 0 Å². The molecule has 0 saturated heterocycles. The fourth-order valence-electron chi connectivity index (χ4n) is 2.04. The predicted octanol–water partition coefficient (Wildman–Crippen LogP) is 3.46. The minimum Gasteiger partial charge on any atom is -0.405 e. The number of nitrogens with one attached hydrogen (secondary N) is 2. The van der Waals surface area contributed by atoms with Gasteiger partial charge >= 0.3 is 6.36 Å². The molecular formula is C17H26F3N3O2. The van der Waals surface area contributed by atoms with Crippen LogP contribution >= 0.6 is 0 Å². The van der Waals surface area contributed by atoms with E-state index in [1.54, 1.807) is 12.1 Å². The fraction of sp³-hybridized carbons (Fsp3) is 0.588. The normalized spacial score (nSPS) is 12.1. The number of ether oxygens (including phenoxy) is 2. The van der Waals surface area contributed by atoms with Crippen molar-refractivity contribution >= 4 is 5.96 Å². The Morgan fingerprint density at radius 1 is 1.12 bits per heavy atom. The van der Waals surface area contributed by atoms with Crippen LogP contribution in [0, 0.1) is 0 Å². The molecule has 8 heteroatoms. The SMILES string of the molecule is CCNC(=NCc1ccccc1OC(F)(F)F)NCCCCOCC. The van der Waals surface area contributed by atoms with E-state index in [0.717, 1.165) is 12.8 Å². The molecule has 0 aliphatic heterocycles. The van der Waals surface area contributed by atoms with Crippen LogP contribution in [0.25, 0.3) is 0 Å². The number of halogens is 3. The van der Waals surface area contributed by atoms with Crippen LogP contribution in [0.15, 0.2) is 29.3 Å². The molecule has 142 valence electrons. The topological polar surface area (TPSA) is 54.9 Å². The minimum atomic E-state index is -4.72. The van der Waals surface area contributed by atoms with Gasteiger partial charge in [0, 0.05) is 31.9 Å². The van der Waals surface area contributed by atoms with E-state index in [4.69, 9.17) is 4.74 Å². The molecule has 0 radical (unpaired) electrons. The van der Waals surface area contributed by atoms with Crippen LogP contribution in [-0.4, -0.2) is 38.6 Å². The molecule has 0 spiro atoms. The molecule has 0 heterocycles. The Morgan fingerprint density at radius 2 is 1.88 bits per heavy atom. The molecule has 1 aromatic carbocycles. The van der Waals surface area contributed by atoms with E-state index in [9.17, 15) is 13.2 Å². The molecule has 0 aromatic heterocycles. The summed E-state index contributed by atoms with van der Waals surface area (Å²) in [4.78, 5) is 4.32. The van der Waals surface area contributed by atoms with Crippen molar-refractivity contribution in [2.24, 2.45) is 4.99 Å². The summed E-state index contributed by atoms with van der Waals surface area (Å²) in [7, 11) is 0. The molecule has 5 nitrogen and oxygen atoms in total. The maximum Gasteiger partial charge on any atom is 0.573 e. The zero-order valence-electron chi connectivity index (χ0n) is 14.7. The van der Waals surface area contributed by atoms with E-state index in [1.165, 1.54) is 12.1 Å². The molecular weight excluding hydrogens is 335 g/mol. The van der Waals surface area contributed by atoms with Crippen LogP contribution in [0.2, 0.25) is 0 Å². The first kappa shape index (κ1) is 21.1. The maximum atomic E-state index is 12.4. The van der Waals surface area contributed by atoms with Crippen LogP contribution in [0.4, 0.5) is 13.2 Å². The van der Waals surface area contributed by atoms with Gasteiger partial charge in [0.05, 0.1) is 6.54 Å². The van der Waals surface area contributed by atoms with Crippen molar-refractivity contribution in [3.05, 3.63) is 29.8 Å². The lowest BCUT2D eigenvalue weighted by atomic mass is 10.2. The van der Waals surface area contributed by atoms with E-state index >= 15 is 0 Å². The Kier molecular flexibility index (Phi) is 9.76. The van der Waals surface area contributed by atoms with Crippen LogP contribution in [0.1, 0.15) is 32.3 Å². The zero-order valence-corrected chi connectivity index (χ0v) is 14.7. The zero-order chi connectivity index (χ0) is 18.5. The Balaban J connectivity index is 2.59. The number of rotatable bonds is 10. The Hall–Kier alpha value is -1.96. The lowest BCUT2D eigenvalue weighted by Gasteiger charge is -2.14. The Bertz CT molecular complexity index is 522. The number of hydrogen-bond donors (Lipinski definition) is 2. The predicted molar refractivity (Wildman–Crippen MR) is 91.7 cm³/mol. The third kappa shape index (κ3) is 9.81. The molecule has 0 unspecified atom stereocenters. The van der Waals surface area contributed by atoms with Crippen LogP contribution in [0.5, 0.6) is 5.75 Å². The van der Waals surface area contributed by atoms with Gasteiger partial charge in [-0.3, -0.25) is 0 Å². The van der Waals surface area contributed by atoms with Crippen molar-refractivity contribution in [1.29, 1.82) is 0 Å². The number of hydrogen-bond acceptors (Lipinski definition) is 3. The molecule has 0 aliphatic carbocycles. The molecule has 0 fully saturated rings. The lowest BCUT2D eigenvalue weighted by molar-refractivity contribution is -0.274. The summed E-state index contributed by atoms with van der Waals surface area (Å²) in [5, 5.41) is 6.22. The van der Waals surface area contributed by atoms with E-state index < -0.39 is 6.36 Å². The number of benzene rings is 1. The largest absolute Gasteiger partial charge is 0.573 e. The number of guanidine groups is 1. The Labute approximate surface area is 146 Å². The highest BCUT2D eigenvalue weighted by atomic mass is 19.4. The standard InChI is InChI=1S/C17H26F3N3O2/c1-3-21-16(22-11-7-8-12-24-4-2)23-13-14-9-5-6-10-15(14)25-17(18,19)20/h5-6,9-10H,3-4,7-8,11-13H2,1-2H3,(H2,21,22,23). The summed E-state index contributed by atoms with van der Waals surface area (Å²) in [6, 6.07) is 6.00. The van der Waals surface area contributed by atoms with Gasteiger partial charge in [0.25, 0.3) is 0 Å². The summed E-state index contributed by atoms with van der Waals surface area (Å²) < 4.78 is 46.6. The highest BCUT2D eigenvalue weighted by molar-refractivity contribution is 5.79. The third-order valence-electron chi connectivity index (χ3n) is 3.16. The van der Waals surface area contributed by atoms with E-state index in [2.05, 4.69) is 20.4 Å². The van der Waals surface area contributed by atoms with E-state index in [-0.39, 0.29) is 12.3 Å². The molecule has 0 amide bonds. The maximum absolute atomic E-state index is 12.4. The number of unbranched alkanes of at least 4 members (excludes halogenated alkanes) is 1. The second kappa shape index (κ2) is 11.6. The molecule has 0 aliphatic rings. The summed E-state index contributed by atoms with van der Waals surface area (Å²) >= 11 is 0. The van der Waals surface area contributed by atoms with Crippen molar-refractivity contribution in [2.45, 2.75) is 39.6 Å². The first-order valence-corrected chi connectivity index (χ1v) is 8.39. The van der Waals surface area contributed by atoms with Crippen LogP contribution < -0.4 is 15.4 Å². The first-order chi connectivity index (χ1) is 12.0. The van der Waals surface area contributed by atoms with Gasteiger partial charge < -0.3 is 20.1 Å². The van der Waals surface area contributed by atoms with Gasteiger partial charge in [-0.25, -0.2) is 4.99 Å². The first-order valence-electron chi connectivity index (χ1n) is 8.39. The number of para-hydroxylation sites is 1. The Morgan fingerprint density at radius 3 is 2.56 bits per heavy atom. The summed E-state index contributed by atoms with van der Waals surface area (Å²) in [5.41, 5.74) is 0.369. The van der Waals surface area contributed by atoms with Gasteiger partial charge in [-0.2, -0.15) is 0 Å². The van der Waals surface area contributed by atoms with E-state index in [0.29, 0.717) is 37.8 Å². The molecule has 0 saturated carbocycles.